The standard InChI is InChI=1S/C12H24/c1-7-9-10-12(5,6)11(3,4)8-2/h8H,2,7,9-10H2,1,3-6H3. The van der Waals surface area contributed by atoms with E-state index in [0.717, 1.165) is 0 Å². The zero-order chi connectivity index (χ0) is 9.83. The molecule has 0 saturated heterocycles. The summed E-state index contributed by atoms with van der Waals surface area (Å²) in [5.41, 5.74) is 0.632. The van der Waals surface area contributed by atoms with E-state index < -0.39 is 0 Å². The molecule has 0 heteroatoms. The first-order chi connectivity index (χ1) is 5.37. The molecule has 0 aromatic rings. The van der Waals surface area contributed by atoms with Crippen LogP contribution in [0.2, 0.25) is 0 Å². The van der Waals surface area contributed by atoms with E-state index in [1.165, 1.54) is 19.3 Å². The van der Waals surface area contributed by atoms with Crippen LogP contribution in [0.4, 0.5) is 0 Å². The molecule has 0 atom stereocenters. The van der Waals surface area contributed by atoms with Crippen molar-refractivity contribution in [3.05, 3.63) is 12.7 Å². The lowest BCUT2D eigenvalue weighted by Crippen LogP contribution is -2.30. The van der Waals surface area contributed by atoms with Gasteiger partial charge in [-0.15, -0.1) is 6.58 Å². The maximum absolute atomic E-state index is 3.91. The topological polar surface area (TPSA) is 0 Å². The van der Waals surface area contributed by atoms with E-state index in [2.05, 4.69) is 47.3 Å². The van der Waals surface area contributed by atoms with E-state index in [1.54, 1.807) is 0 Å². The van der Waals surface area contributed by atoms with Gasteiger partial charge in [0, 0.05) is 0 Å². The Kier molecular flexibility index (Phi) is 4.02. The van der Waals surface area contributed by atoms with Gasteiger partial charge in [0.15, 0.2) is 0 Å². The van der Waals surface area contributed by atoms with Gasteiger partial charge in [-0.3, -0.25) is 0 Å². The van der Waals surface area contributed by atoms with E-state index in [-0.39, 0.29) is 5.41 Å². The van der Waals surface area contributed by atoms with Gasteiger partial charge < -0.3 is 0 Å². The average molecular weight is 168 g/mol. The summed E-state index contributed by atoms with van der Waals surface area (Å²) in [7, 11) is 0. The fourth-order valence-corrected chi connectivity index (χ4v) is 1.22. The summed E-state index contributed by atoms with van der Waals surface area (Å²) in [6.07, 6.45) is 5.99. The maximum atomic E-state index is 3.91. The Morgan fingerprint density at radius 1 is 1.17 bits per heavy atom. The van der Waals surface area contributed by atoms with Crippen molar-refractivity contribution in [2.45, 2.75) is 53.9 Å². The van der Waals surface area contributed by atoms with Crippen LogP contribution in [0.3, 0.4) is 0 Å². The predicted molar refractivity (Wildman–Crippen MR) is 57.3 cm³/mol. The molecule has 0 aliphatic carbocycles. The second-order valence-electron chi connectivity index (χ2n) is 4.91. The zero-order valence-electron chi connectivity index (χ0n) is 9.41. The van der Waals surface area contributed by atoms with Crippen molar-refractivity contribution in [3.63, 3.8) is 0 Å². The van der Waals surface area contributed by atoms with Crippen LogP contribution in [0.25, 0.3) is 0 Å². The summed E-state index contributed by atoms with van der Waals surface area (Å²) in [5.74, 6) is 0. The SMILES string of the molecule is C=CC(C)(C)C(C)(C)CCCC. The van der Waals surface area contributed by atoms with Crippen molar-refractivity contribution in [3.8, 4) is 0 Å². The summed E-state index contributed by atoms with van der Waals surface area (Å²) < 4.78 is 0. The Bertz CT molecular complexity index is 140. The molecule has 0 aromatic heterocycles. The summed E-state index contributed by atoms with van der Waals surface area (Å²) in [5, 5.41) is 0. The summed E-state index contributed by atoms with van der Waals surface area (Å²) in [6, 6.07) is 0. The highest BCUT2D eigenvalue weighted by Gasteiger charge is 2.33. The molecule has 0 saturated carbocycles. The predicted octanol–water partition coefficient (Wildman–Crippen LogP) is 4.42. The molecule has 0 amide bonds. The highest BCUT2D eigenvalue weighted by molar-refractivity contribution is 4.97. The van der Waals surface area contributed by atoms with Gasteiger partial charge in [-0.1, -0.05) is 53.5 Å². The fourth-order valence-electron chi connectivity index (χ4n) is 1.22. The minimum Gasteiger partial charge on any atom is -0.103 e. The van der Waals surface area contributed by atoms with Crippen LogP contribution in [-0.2, 0) is 0 Å². The van der Waals surface area contributed by atoms with Crippen LogP contribution >= 0.6 is 0 Å². The van der Waals surface area contributed by atoms with Crippen LogP contribution in [0.1, 0.15) is 53.9 Å². The third-order valence-corrected chi connectivity index (χ3v) is 3.41. The molecular weight excluding hydrogens is 144 g/mol. The van der Waals surface area contributed by atoms with E-state index in [9.17, 15) is 0 Å². The molecule has 0 aliphatic heterocycles. The summed E-state index contributed by atoms with van der Waals surface area (Å²) in [4.78, 5) is 0. The number of unbranched alkanes of at least 4 members (excludes halogenated alkanes) is 1. The molecule has 0 unspecified atom stereocenters. The van der Waals surface area contributed by atoms with Gasteiger partial charge in [0.25, 0.3) is 0 Å². The normalized spacial score (nSPS) is 13.1. The molecular formula is C12H24. The van der Waals surface area contributed by atoms with Gasteiger partial charge in [0.2, 0.25) is 0 Å². The molecule has 0 spiro atoms. The molecule has 0 heterocycles. The Labute approximate surface area is 78.1 Å². The number of allylic oxidation sites excluding steroid dienone is 1. The lowest BCUT2D eigenvalue weighted by atomic mass is 9.65. The van der Waals surface area contributed by atoms with E-state index in [4.69, 9.17) is 0 Å². The Balaban J connectivity index is 4.27. The lowest BCUT2D eigenvalue weighted by molar-refractivity contribution is 0.147. The third-order valence-electron chi connectivity index (χ3n) is 3.41. The number of hydrogen-bond acceptors (Lipinski definition) is 0. The van der Waals surface area contributed by atoms with Crippen LogP contribution < -0.4 is 0 Å². The largest absolute Gasteiger partial charge is 0.103 e. The highest BCUT2D eigenvalue weighted by atomic mass is 14.4. The van der Waals surface area contributed by atoms with Gasteiger partial charge in [-0.2, -0.15) is 0 Å². The molecule has 72 valence electrons. The number of hydrogen-bond donors (Lipinski definition) is 0. The second-order valence-corrected chi connectivity index (χ2v) is 4.91. The second kappa shape index (κ2) is 4.11. The van der Waals surface area contributed by atoms with Crippen LogP contribution in [-0.4, -0.2) is 0 Å². The first kappa shape index (κ1) is 11.7. The minimum atomic E-state index is 0.252. The van der Waals surface area contributed by atoms with Crippen LogP contribution in [0, 0.1) is 10.8 Å². The molecule has 0 radical (unpaired) electrons. The quantitative estimate of drug-likeness (QED) is 0.533. The highest BCUT2D eigenvalue weighted by Crippen LogP contribution is 2.42. The van der Waals surface area contributed by atoms with Crippen molar-refractivity contribution in [2.75, 3.05) is 0 Å². The lowest BCUT2D eigenvalue weighted by Gasteiger charge is -2.39. The first-order valence-electron chi connectivity index (χ1n) is 5.01. The maximum Gasteiger partial charge on any atom is -0.0126 e. The smallest absolute Gasteiger partial charge is 0.0126 e. The van der Waals surface area contributed by atoms with Gasteiger partial charge >= 0.3 is 0 Å². The van der Waals surface area contributed by atoms with Crippen LogP contribution in [0.5, 0.6) is 0 Å². The van der Waals surface area contributed by atoms with Gasteiger partial charge in [0.05, 0.1) is 0 Å². The molecule has 0 fully saturated rings. The van der Waals surface area contributed by atoms with Crippen molar-refractivity contribution >= 4 is 0 Å². The molecule has 0 N–H and O–H groups in total. The van der Waals surface area contributed by atoms with Crippen LogP contribution in [0.15, 0.2) is 12.7 Å². The Hall–Kier alpha value is -0.260. The van der Waals surface area contributed by atoms with Crippen molar-refractivity contribution < 1.29 is 0 Å². The monoisotopic (exact) mass is 168 g/mol. The number of rotatable bonds is 5. The molecule has 12 heavy (non-hydrogen) atoms. The molecule has 0 nitrogen and oxygen atoms in total. The van der Waals surface area contributed by atoms with Gasteiger partial charge in [-0.25, -0.2) is 0 Å². The van der Waals surface area contributed by atoms with Crippen molar-refractivity contribution in [1.29, 1.82) is 0 Å². The van der Waals surface area contributed by atoms with Gasteiger partial charge in [0.1, 0.15) is 0 Å². The molecule has 0 aliphatic rings. The van der Waals surface area contributed by atoms with Crippen molar-refractivity contribution in [2.24, 2.45) is 10.8 Å². The zero-order valence-corrected chi connectivity index (χ0v) is 9.41. The summed E-state index contributed by atoms with van der Waals surface area (Å²) >= 11 is 0. The Morgan fingerprint density at radius 2 is 1.67 bits per heavy atom. The fraction of sp³-hybridized carbons (Fsp3) is 0.833. The first-order valence-corrected chi connectivity index (χ1v) is 5.01. The van der Waals surface area contributed by atoms with Gasteiger partial charge in [-0.05, 0) is 17.3 Å². The van der Waals surface area contributed by atoms with E-state index in [1.807, 2.05) is 0 Å². The van der Waals surface area contributed by atoms with E-state index in [0.29, 0.717) is 5.41 Å². The minimum absolute atomic E-state index is 0.252. The Morgan fingerprint density at radius 3 is 2.00 bits per heavy atom. The molecule has 0 rings (SSSR count). The van der Waals surface area contributed by atoms with E-state index >= 15 is 0 Å². The third kappa shape index (κ3) is 2.66. The molecule has 0 bridgehead atoms. The average Bonchev–Trinajstić information content (AvgIpc) is 2.00. The summed E-state index contributed by atoms with van der Waals surface area (Å²) in [6.45, 7) is 15.4. The molecule has 0 aromatic carbocycles. The van der Waals surface area contributed by atoms with Crippen molar-refractivity contribution in [1.82, 2.24) is 0 Å².